The average molecular weight is 459 g/mol. The van der Waals surface area contributed by atoms with Crippen LogP contribution >= 0.6 is 0 Å². The lowest BCUT2D eigenvalue weighted by atomic mass is 10.0. The zero-order chi connectivity index (χ0) is 23.8. The predicted octanol–water partition coefficient (Wildman–Crippen LogP) is 4.08. The van der Waals surface area contributed by atoms with E-state index in [1.165, 1.54) is 12.1 Å². The molecule has 174 valence electrons. The van der Waals surface area contributed by atoms with Gasteiger partial charge in [0.25, 0.3) is 0 Å². The molecule has 1 fully saturated rings. The molecule has 1 aliphatic heterocycles. The van der Waals surface area contributed by atoms with Gasteiger partial charge in [0.15, 0.2) is 0 Å². The normalized spacial score (nSPS) is 16.4. The second kappa shape index (κ2) is 8.95. The number of likely N-dealkylation sites (tertiary alicyclic amines) is 1. The number of nitrogens with two attached hydrogens (primary N) is 1. The van der Waals surface area contributed by atoms with Crippen molar-refractivity contribution >= 4 is 17.2 Å². The van der Waals surface area contributed by atoms with Crippen molar-refractivity contribution in [3.63, 3.8) is 0 Å². The summed E-state index contributed by atoms with van der Waals surface area (Å²) >= 11 is 0. The van der Waals surface area contributed by atoms with Crippen molar-refractivity contribution in [3.8, 4) is 22.5 Å². The summed E-state index contributed by atoms with van der Waals surface area (Å²) in [6.07, 6.45) is 6.44. The van der Waals surface area contributed by atoms with Crippen LogP contribution < -0.4 is 5.73 Å². The first-order chi connectivity index (χ1) is 16.4. The zero-order valence-corrected chi connectivity index (χ0v) is 19.3. The maximum Gasteiger partial charge on any atom is 0.150 e. The second-order valence-corrected chi connectivity index (χ2v) is 8.91. The van der Waals surface area contributed by atoms with Crippen LogP contribution in [0, 0.1) is 12.7 Å². The van der Waals surface area contributed by atoms with E-state index in [9.17, 15) is 9.18 Å². The highest BCUT2D eigenvalue weighted by atomic mass is 19.1. The maximum absolute atomic E-state index is 14.0. The van der Waals surface area contributed by atoms with E-state index in [0.717, 1.165) is 36.3 Å². The molecule has 3 aromatic heterocycles. The molecule has 0 radical (unpaired) electrons. The first-order valence-electron chi connectivity index (χ1n) is 11.5. The molecule has 0 spiro atoms. The smallest absolute Gasteiger partial charge is 0.150 e. The Labute approximate surface area is 197 Å². The summed E-state index contributed by atoms with van der Waals surface area (Å²) in [5.41, 5.74) is 11.2. The molecule has 34 heavy (non-hydrogen) atoms. The number of Topliss-reactive ketones (excluding diaryl/α,β-unsaturated/α-hetero) is 1. The minimum atomic E-state index is -0.361. The molecule has 4 heterocycles. The van der Waals surface area contributed by atoms with Crippen molar-refractivity contribution < 1.29 is 9.18 Å². The lowest BCUT2D eigenvalue weighted by Gasteiger charge is -2.18. The molecule has 4 aromatic rings. The van der Waals surface area contributed by atoms with E-state index < -0.39 is 0 Å². The third kappa shape index (κ3) is 4.17. The van der Waals surface area contributed by atoms with Crippen LogP contribution in [0.5, 0.6) is 0 Å². The average Bonchev–Trinajstić information content (AvgIpc) is 3.43. The van der Waals surface area contributed by atoms with Gasteiger partial charge in [0.05, 0.1) is 23.1 Å². The molecule has 0 aliphatic carbocycles. The molecule has 7 nitrogen and oxygen atoms in total. The molecule has 2 N–H and O–H groups in total. The number of pyridine rings is 1. The molecule has 0 unspecified atom stereocenters. The van der Waals surface area contributed by atoms with E-state index >= 15 is 0 Å². The number of hydrogen-bond acceptors (Lipinski definition) is 6. The van der Waals surface area contributed by atoms with Crippen LogP contribution in [0.3, 0.4) is 0 Å². The van der Waals surface area contributed by atoms with Gasteiger partial charge in [-0.3, -0.25) is 9.69 Å². The number of benzene rings is 1. The number of halogens is 1. The monoisotopic (exact) mass is 458 g/mol. The fourth-order valence-electron chi connectivity index (χ4n) is 4.67. The van der Waals surface area contributed by atoms with Gasteiger partial charge >= 0.3 is 0 Å². The predicted molar refractivity (Wildman–Crippen MR) is 130 cm³/mol. The Hall–Kier alpha value is -3.65. The number of nitrogen functional groups attached to an aromatic ring is 1. The van der Waals surface area contributed by atoms with Crippen molar-refractivity contribution in [2.75, 3.05) is 19.3 Å². The van der Waals surface area contributed by atoms with Gasteiger partial charge in [0.1, 0.15) is 23.1 Å². The second-order valence-electron chi connectivity index (χ2n) is 8.91. The third-order valence-corrected chi connectivity index (χ3v) is 6.56. The number of carbonyl (C=O) groups excluding carboxylic acids is 1. The Morgan fingerprint density at radius 3 is 2.76 bits per heavy atom. The van der Waals surface area contributed by atoms with E-state index in [1.807, 2.05) is 36.7 Å². The van der Waals surface area contributed by atoms with Crippen molar-refractivity contribution in [3.05, 3.63) is 66.0 Å². The Morgan fingerprint density at radius 2 is 2.00 bits per heavy atom. The molecule has 0 amide bonds. The first-order valence-corrected chi connectivity index (χ1v) is 11.5. The SMILES string of the molecule is Cc1cnc2ccc(-c3nc(CCC(=O)[C@H]4CCCN4C)c(N)nc3-c3cccc(F)c3)cn12. The largest absolute Gasteiger partial charge is 0.382 e. The Bertz CT molecular complexity index is 1380. The van der Waals surface area contributed by atoms with E-state index in [0.29, 0.717) is 35.5 Å². The molecule has 0 saturated carbocycles. The van der Waals surface area contributed by atoms with Crippen molar-refractivity contribution in [1.29, 1.82) is 0 Å². The first kappa shape index (κ1) is 22.2. The minimum absolute atomic E-state index is 0.0353. The number of ketones is 1. The quantitative estimate of drug-likeness (QED) is 0.468. The van der Waals surface area contributed by atoms with Gasteiger partial charge in [0, 0.05) is 42.1 Å². The molecule has 1 aromatic carbocycles. The highest BCUT2D eigenvalue weighted by molar-refractivity contribution is 5.85. The minimum Gasteiger partial charge on any atom is -0.382 e. The van der Waals surface area contributed by atoms with Crippen LogP contribution in [0.15, 0.2) is 48.8 Å². The number of imidazole rings is 1. The summed E-state index contributed by atoms with van der Waals surface area (Å²) in [5.74, 6) is 0.1000. The van der Waals surface area contributed by atoms with Gasteiger partial charge in [-0.1, -0.05) is 12.1 Å². The van der Waals surface area contributed by atoms with Gasteiger partial charge in [-0.2, -0.15) is 0 Å². The molecule has 8 heteroatoms. The van der Waals surface area contributed by atoms with Gasteiger partial charge in [-0.05, 0) is 57.6 Å². The van der Waals surface area contributed by atoms with E-state index in [4.69, 9.17) is 10.7 Å². The standard InChI is InChI=1S/C26H27FN6O/c1-16-14-29-23-11-8-18(15-33(16)23)25-24(17-5-3-6-19(27)13-17)31-26(28)20(30-25)9-10-22(34)21-7-4-12-32(21)2/h3,5-6,8,11,13-15,21H,4,7,9-10,12H2,1-2H3,(H2,28,31)/t21-/m1/s1. The number of nitrogens with zero attached hydrogens (tertiary/aromatic N) is 5. The molecular weight excluding hydrogens is 431 g/mol. The van der Waals surface area contributed by atoms with Crippen LogP contribution in [-0.4, -0.2) is 49.7 Å². The van der Waals surface area contributed by atoms with Crippen LogP contribution in [0.25, 0.3) is 28.2 Å². The van der Waals surface area contributed by atoms with E-state index in [1.54, 1.807) is 18.3 Å². The van der Waals surface area contributed by atoms with Crippen LogP contribution in [-0.2, 0) is 11.2 Å². The molecule has 1 saturated heterocycles. The Balaban J connectivity index is 1.56. The van der Waals surface area contributed by atoms with Crippen molar-refractivity contribution in [1.82, 2.24) is 24.3 Å². The number of carbonyl (C=O) groups is 1. The van der Waals surface area contributed by atoms with Gasteiger partial charge < -0.3 is 10.1 Å². The summed E-state index contributed by atoms with van der Waals surface area (Å²) < 4.78 is 16.0. The summed E-state index contributed by atoms with van der Waals surface area (Å²) in [5, 5.41) is 0. The van der Waals surface area contributed by atoms with Gasteiger partial charge in [0.2, 0.25) is 0 Å². The number of fused-ring (bicyclic) bond motifs is 1. The third-order valence-electron chi connectivity index (χ3n) is 6.56. The van der Waals surface area contributed by atoms with E-state index in [-0.39, 0.29) is 23.5 Å². The lowest BCUT2D eigenvalue weighted by molar-refractivity contribution is -0.122. The number of likely N-dealkylation sites (N-methyl/N-ethyl adjacent to an activating group) is 1. The number of aryl methyl sites for hydroxylation is 2. The van der Waals surface area contributed by atoms with Gasteiger partial charge in [-0.25, -0.2) is 19.3 Å². The molecule has 0 bridgehead atoms. The topological polar surface area (TPSA) is 89.4 Å². The highest BCUT2D eigenvalue weighted by Crippen LogP contribution is 2.32. The lowest BCUT2D eigenvalue weighted by Crippen LogP contribution is -2.33. The van der Waals surface area contributed by atoms with Crippen LogP contribution in [0.2, 0.25) is 0 Å². The number of rotatable bonds is 6. The highest BCUT2D eigenvalue weighted by Gasteiger charge is 2.27. The molecule has 1 aliphatic rings. The van der Waals surface area contributed by atoms with Crippen molar-refractivity contribution in [2.24, 2.45) is 0 Å². The zero-order valence-electron chi connectivity index (χ0n) is 19.3. The molecular formula is C26H27FN6O. The fraction of sp³-hybridized carbons (Fsp3) is 0.308. The summed E-state index contributed by atoms with van der Waals surface area (Å²) in [4.78, 5) is 28.8. The van der Waals surface area contributed by atoms with Crippen molar-refractivity contribution in [2.45, 2.75) is 38.6 Å². The van der Waals surface area contributed by atoms with Gasteiger partial charge in [-0.15, -0.1) is 0 Å². The maximum atomic E-state index is 14.0. The molecule has 1 atom stereocenters. The summed E-state index contributed by atoms with van der Waals surface area (Å²) in [6.45, 7) is 2.92. The molecule has 5 rings (SSSR count). The Kier molecular flexibility index (Phi) is 5.83. The summed E-state index contributed by atoms with van der Waals surface area (Å²) in [7, 11) is 1.99. The number of hydrogen-bond donors (Lipinski definition) is 1. The van der Waals surface area contributed by atoms with Crippen LogP contribution in [0.4, 0.5) is 10.2 Å². The number of anilines is 1. The Morgan fingerprint density at radius 1 is 1.18 bits per heavy atom. The number of aromatic nitrogens is 4. The summed E-state index contributed by atoms with van der Waals surface area (Å²) in [6, 6.07) is 10.0. The fourth-order valence-corrected chi connectivity index (χ4v) is 4.67. The van der Waals surface area contributed by atoms with E-state index in [2.05, 4.69) is 14.9 Å². The van der Waals surface area contributed by atoms with Crippen LogP contribution in [0.1, 0.15) is 30.7 Å².